The summed E-state index contributed by atoms with van der Waals surface area (Å²) in [5.74, 6) is 3.38. The monoisotopic (exact) mass is 536 g/mol. The maximum atomic E-state index is 13.1. The predicted molar refractivity (Wildman–Crippen MR) is 129 cm³/mol. The van der Waals surface area contributed by atoms with Gasteiger partial charge in [-0.05, 0) is 59.0 Å². The molecule has 0 saturated carbocycles. The van der Waals surface area contributed by atoms with Crippen molar-refractivity contribution in [3.8, 4) is 34.5 Å². The molecule has 0 bridgehead atoms. The van der Waals surface area contributed by atoms with Crippen LogP contribution in [0.2, 0.25) is 0 Å². The van der Waals surface area contributed by atoms with E-state index in [4.69, 9.17) is 28.4 Å². The van der Waals surface area contributed by atoms with Crippen molar-refractivity contribution in [3.63, 3.8) is 0 Å². The molecule has 2 aromatic rings. The molecule has 10 heteroatoms. The quantitative estimate of drug-likeness (QED) is 0.570. The Morgan fingerprint density at radius 3 is 2.29 bits per heavy atom. The fourth-order valence-electron chi connectivity index (χ4n) is 4.65. The first-order valence-electron chi connectivity index (χ1n) is 11.0. The minimum atomic E-state index is -0.334. The predicted octanol–water partition coefficient (Wildman–Crippen LogP) is 4.08. The average molecular weight is 537 g/mol. The third kappa shape index (κ3) is 4.04. The normalized spacial score (nSPS) is 16.1. The highest BCUT2D eigenvalue weighted by Gasteiger charge is 2.39. The molecule has 34 heavy (non-hydrogen) atoms. The molecule has 0 radical (unpaired) electrons. The summed E-state index contributed by atoms with van der Waals surface area (Å²) in [6.07, 6.45) is 1.13. The van der Waals surface area contributed by atoms with Crippen LogP contribution in [0.3, 0.4) is 0 Å². The van der Waals surface area contributed by atoms with Gasteiger partial charge in [0.15, 0.2) is 23.0 Å². The number of nitrogens with zero attached hydrogens (tertiary/aromatic N) is 1. The highest BCUT2D eigenvalue weighted by molar-refractivity contribution is 9.10. The standard InChI is InChI=1S/C24H29BrN2O7/c1-6-26-24(28)27-8-7-14-18(21(32-5)23-22(19(14)25)33-12-34-23)15(27)9-13-10-16(29-2)20(31-4)17(11-13)30-3/h10-11,15H,6-9,12H2,1-5H3,(H,26,28). The zero-order chi connectivity index (χ0) is 24.4. The van der Waals surface area contributed by atoms with E-state index in [-0.39, 0.29) is 18.9 Å². The Bertz CT molecular complexity index is 1070. The van der Waals surface area contributed by atoms with Gasteiger partial charge < -0.3 is 38.6 Å². The third-order valence-corrected chi connectivity index (χ3v) is 6.95. The Morgan fingerprint density at radius 2 is 1.71 bits per heavy atom. The van der Waals surface area contributed by atoms with Crippen molar-refractivity contribution < 1.29 is 33.2 Å². The number of amides is 2. The minimum Gasteiger partial charge on any atom is -0.493 e. The number of carbonyl (C=O) groups is 1. The molecule has 2 aliphatic heterocycles. The van der Waals surface area contributed by atoms with Gasteiger partial charge in [0.05, 0.1) is 39.0 Å². The number of fused-ring (bicyclic) bond motifs is 2. The van der Waals surface area contributed by atoms with Crippen molar-refractivity contribution in [1.82, 2.24) is 10.2 Å². The van der Waals surface area contributed by atoms with E-state index >= 15 is 0 Å². The first kappa shape index (κ1) is 24.1. The Hall–Kier alpha value is -3.01. The first-order valence-corrected chi connectivity index (χ1v) is 11.8. The number of methoxy groups -OCH3 is 4. The van der Waals surface area contributed by atoms with Crippen LogP contribution < -0.4 is 33.7 Å². The van der Waals surface area contributed by atoms with Crippen LogP contribution >= 0.6 is 15.9 Å². The molecular weight excluding hydrogens is 508 g/mol. The number of hydrogen-bond donors (Lipinski definition) is 1. The van der Waals surface area contributed by atoms with Crippen LogP contribution in [0, 0.1) is 0 Å². The number of carbonyl (C=O) groups excluding carboxylic acids is 1. The maximum absolute atomic E-state index is 13.1. The van der Waals surface area contributed by atoms with Crippen molar-refractivity contribution >= 4 is 22.0 Å². The summed E-state index contributed by atoms with van der Waals surface area (Å²) < 4.78 is 34.7. The number of nitrogens with one attached hydrogen (secondary N) is 1. The molecule has 2 aliphatic rings. The second-order valence-electron chi connectivity index (χ2n) is 7.84. The van der Waals surface area contributed by atoms with E-state index in [1.165, 1.54) is 0 Å². The zero-order valence-corrected chi connectivity index (χ0v) is 21.5. The van der Waals surface area contributed by atoms with Crippen molar-refractivity contribution in [1.29, 1.82) is 0 Å². The van der Waals surface area contributed by atoms with Gasteiger partial charge in [0, 0.05) is 18.7 Å². The van der Waals surface area contributed by atoms with Crippen LogP contribution in [-0.2, 0) is 12.8 Å². The van der Waals surface area contributed by atoms with Crippen molar-refractivity contribution in [3.05, 3.63) is 33.3 Å². The van der Waals surface area contributed by atoms with Gasteiger partial charge in [-0.25, -0.2) is 4.79 Å². The van der Waals surface area contributed by atoms with Crippen LogP contribution in [0.4, 0.5) is 4.79 Å². The molecular formula is C24H29BrN2O7. The molecule has 2 aromatic carbocycles. The fourth-order valence-corrected chi connectivity index (χ4v) is 5.36. The number of benzene rings is 2. The van der Waals surface area contributed by atoms with E-state index in [9.17, 15) is 4.79 Å². The summed E-state index contributed by atoms with van der Waals surface area (Å²) in [5.41, 5.74) is 2.85. The molecule has 2 heterocycles. The topological polar surface area (TPSA) is 87.7 Å². The van der Waals surface area contributed by atoms with Gasteiger partial charge in [-0.15, -0.1) is 0 Å². The van der Waals surface area contributed by atoms with Gasteiger partial charge in [-0.2, -0.15) is 0 Å². The largest absolute Gasteiger partial charge is 0.493 e. The first-order chi connectivity index (χ1) is 16.5. The Morgan fingerprint density at radius 1 is 1.06 bits per heavy atom. The molecule has 0 saturated heterocycles. The highest BCUT2D eigenvalue weighted by atomic mass is 79.9. The summed E-state index contributed by atoms with van der Waals surface area (Å²) >= 11 is 3.71. The average Bonchev–Trinajstić information content (AvgIpc) is 3.34. The Kier molecular flexibility index (Phi) is 7.16. The summed E-state index contributed by atoms with van der Waals surface area (Å²) in [5, 5.41) is 2.94. The van der Waals surface area contributed by atoms with Crippen LogP contribution in [0.1, 0.15) is 29.7 Å². The van der Waals surface area contributed by atoms with E-state index in [0.29, 0.717) is 60.4 Å². The van der Waals surface area contributed by atoms with Crippen LogP contribution in [0.15, 0.2) is 16.6 Å². The summed E-state index contributed by atoms with van der Waals surface area (Å²) in [6, 6.07) is 3.33. The second-order valence-corrected chi connectivity index (χ2v) is 8.63. The maximum Gasteiger partial charge on any atom is 0.317 e. The molecule has 9 nitrogen and oxygen atoms in total. The van der Waals surface area contributed by atoms with Crippen molar-refractivity contribution in [2.75, 3.05) is 48.3 Å². The number of hydrogen-bond acceptors (Lipinski definition) is 7. The van der Waals surface area contributed by atoms with E-state index in [1.807, 2.05) is 24.0 Å². The van der Waals surface area contributed by atoms with Gasteiger partial charge >= 0.3 is 6.03 Å². The summed E-state index contributed by atoms with van der Waals surface area (Å²) in [7, 11) is 6.34. The highest BCUT2D eigenvalue weighted by Crippen LogP contribution is 2.54. The van der Waals surface area contributed by atoms with Crippen molar-refractivity contribution in [2.24, 2.45) is 0 Å². The van der Waals surface area contributed by atoms with Crippen molar-refractivity contribution in [2.45, 2.75) is 25.8 Å². The van der Waals surface area contributed by atoms with Crippen LogP contribution in [0.25, 0.3) is 0 Å². The van der Waals surface area contributed by atoms with Gasteiger partial charge in [-0.1, -0.05) is 0 Å². The minimum absolute atomic E-state index is 0.116. The van der Waals surface area contributed by atoms with Crippen LogP contribution in [0.5, 0.6) is 34.5 Å². The lowest BCUT2D eigenvalue weighted by Gasteiger charge is -2.39. The summed E-state index contributed by atoms with van der Waals surface area (Å²) in [6.45, 7) is 3.08. The molecule has 0 aromatic heterocycles. The van der Waals surface area contributed by atoms with E-state index in [1.54, 1.807) is 28.4 Å². The Balaban J connectivity index is 1.87. The third-order valence-electron chi connectivity index (χ3n) is 6.11. The number of ether oxygens (including phenoxy) is 6. The van der Waals surface area contributed by atoms with E-state index < -0.39 is 0 Å². The van der Waals surface area contributed by atoms with Gasteiger partial charge in [-0.3, -0.25) is 0 Å². The second kappa shape index (κ2) is 10.1. The van der Waals surface area contributed by atoms with Gasteiger partial charge in [0.25, 0.3) is 0 Å². The number of halogens is 1. The zero-order valence-electron chi connectivity index (χ0n) is 20.0. The lowest BCUT2D eigenvalue weighted by Crippen LogP contribution is -2.46. The lowest BCUT2D eigenvalue weighted by molar-refractivity contribution is 0.165. The SMILES string of the molecule is CCNC(=O)N1CCc2c(Br)c3c(c(OC)c2C1Cc1cc(OC)c(OC)c(OC)c1)OCO3. The molecule has 4 rings (SSSR count). The molecule has 1 N–H and O–H groups in total. The smallest absolute Gasteiger partial charge is 0.317 e. The number of urea groups is 1. The molecule has 2 amide bonds. The lowest BCUT2D eigenvalue weighted by atomic mass is 9.87. The Labute approximate surface area is 207 Å². The number of rotatable bonds is 7. The van der Waals surface area contributed by atoms with E-state index in [0.717, 1.165) is 21.2 Å². The molecule has 1 atom stereocenters. The fraction of sp³-hybridized carbons (Fsp3) is 0.458. The van der Waals surface area contributed by atoms with Crippen LogP contribution in [-0.4, -0.2) is 59.3 Å². The molecule has 1 unspecified atom stereocenters. The molecule has 0 aliphatic carbocycles. The molecule has 0 spiro atoms. The molecule has 184 valence electrons. The van der Waals surface area contributed by atoms with Gasteiger partial charge in [0.1, 0.15) is 0 Å². The van der Waals surface area contributed by atoms with Gasteiger partial charge in [0.2, 0.25) is 18.3 Å². The molecule has 0 fully saturated rings. The summed E-state index contributed by atoms with van der Waals surface area (Å²) in [4.78, 5) is 14.9. The van der Waals surface area contributed by atoms with E-state index in [2.05, 4.69) is 21.2 Å².